The number of hydrogen-bond donors (Lipinski definition) is 1. The molecular formula is C15H24N2O5. The van der Waals surface area contributed by atoms with Crippen LogP contribution in [0.2, 0.25) is 0 Å². The van der Waals surface area contributed by atoms with Gasteiger partial charge in [0.15, 0.2) is 0 Å². The second-order valence-electron chi connectivity index (χ2n) is 6.20. The maximum Gasteiger partial charge on any atom is 0.410 e. The van der Waals surface area contributed by atoms with Crippen molar-refractivity contribution >= 4 is 18.0 Å². The van der Waals surface area contributed by atoms with Crippen molar-refractivity contribution < 1.29 is 23.9 Å². The number of nitrogens with zero attached hydrogens (tertiary/aromatic N) is 1. The first-order valence-electron chi connectivity index (χ1n) is 7.75. The van der Waals surface area contributed by atoms with Gasteiger partial charge in [0, 0.05) is 12.6 Å². The maximum atomic E-state index is 12.3. The lowest BCUT2D eigenvalue weighted by molar-refractivity contribution is -0.145. The molecule has 1 unspecified atom stereocenters. The van der Waals surface area contributed by atoms with E-state index >= 15 is 0 Å². The molecule has 2 aliphatic rings. The Morgan fingerprint density at radius 3 is 2.68 bits per heavy atom. The largest absolute Gasteiger partial charge is 0.467 e. The van der Waals surface area contributed by atoms with E-state index in [0.29, 0.717) is 19.4 Å². The molecule has 1 N–H and O–H groups in total. The second-order valence-corrected chi connectivity index (χ2v) is 6.20. The third kappa shape index (κ3) is 3.03. The summed E-state index contributed by atoms with van der Waals surface area (Å²) in [6.45, 7) is 4.44. The summed E-state index contributed by atoms with van der Waals surface area (Å²) in [5, 5.41) is 2.87. The van der Waals surface area contributed by atoms with Gasteiger partial charge in [-0.1, -0.05) is 13.3 Å². The molecule has 2 rings (SSSR count). The van der Waals surface area contributed by atoms with Crippen LogP contribution < -0.4 is 5.32 Å². The van der Waals surface area contributed by atoms with E-state index in [-0.39, 0.29) is 18.5 Å². The minimum atomic E-state index is -0.754. The SMILES string of the molecule is CCCCOC(=O)N1C[C@]2(CC(C)NC2=O)C[C@H]1C(=O)OC. The van der Waals surface area contributed by atoms with E-state index in [4.69, 9.17) is 9.47 Å². The molecule has 2 fully saturated rings. The molecule has 2 amide bonds. The van der Waals surface area contributed by atoms with Crippen LogP contribution in [0.25, 0.3) is 0 Å². The molecule has 0 aromatic carbocycles. The third-order valence-corrected chi connectivity index (χ3v) is 4.42. The molecule has 22 heavy (non-hydrogen) atoms. The van der Waals surface area contributed by atoms with Gasteiger partial charge >= 0.3 is 12.1 Å². The number of hydrogen-bond acceptors (Lipinski definition) is 5. The first-order chi connectivity index (χ1) is 10.4. The smallest absolute Gasteiger partial charge is 0.410 e. The minimum absolute atomic E-state index is 0.0434. The second kappa shape index (κ2) is 6.54. The third-order valence-electron chi connectivity index (χ3n) is 4.42. The molecule has 7 heteroatoms. The van der Waals surface area contributed by atoms with E-state index in [2.05, 4.69) is 5.32 Å². The van der Waals surface area contributed by atoms with Gasteiger partial charge in [-0.25, -0.2) is 9.59 Å². The summed E-state index contributed by atoms with van der Waals surface area (Å²) < 4.78 is 9.99. The summed E-state index contributed by atoms with van der Waals surface area (Å²) in [5.41, 5.74) is -0.706. The van der Waals surface area contributed by atoms with Gasteiger partial charge in [0.05, 0.1) is 19.1 Å². The van der Waals surface area contributed by atoms with E-state index < -0.39 is 23.5 Å². The highest BCUT2D eigenvalue weighted by atomic mass is 16.6. The van der Waals surface area contributed by atoms with Crippen LogP contribution in [0.15, 0.2) is 0 Å². The molecule has 7 nitrogen and oxygen atoms in total. The molecule has 1 spiro atoms. The molecular weight excluding hydrogens is 288 g/mol. The van der Waals surface area contributed by atoms with Crippen molar-refractivity contribution in [1.82, 2.24) is 10.2 Å². The molecule has 2 aliphatic heterocycles. The van der Waals surface area contributed by atoms with Crippen molar-refractivity contribution in [3.8, 4) is 0 Å². The van der Waals surface area contributed by atoms with Crippen LogP contribution in [0.3, 0.4) is 0 Å². The quantitative estimate of drug-likeness (QED) is 0.620. The summed E-state index contributed by atoms with van der Waals surface area (Å²) in [4.78, 5) is 37.8. The molecule has 0 bridgehead atoms. The van der Waals surface area contributed by atoms with Gasteiger partial charge in [-0.3, -0.25) is 9.69 Å². The van der Waals surface area contributed by atoms with Crippen molar-refractivity contribution in [2.45, 2.75) is 51.6 Å². The van der Waals surface area contributed by atoms with E-state index in [1.165, 1.54) is 12.0 Å². The monoisotopic (exact) mass is 312 g/mol. The number of carbonyl (C=O) groups excluding carboxylic acids is 3. The Hall–Kier alpha value is -1.79. The van der Waals surface area contributed by atoms with Crippen molar-refractivity contribution in [2.24, 2.45) is 5.41 Å². The minimum Gasteiger partial charge on any atom is -0.467 e. The molecule has 0 aromatic heterocycles. The summed E-state index contributed by atoms with van der Waals surface area (Å²) in [5.74, 6) is -0.602. The summed E-state index contributed by atoms with van der Waals surface area (Å²) in [6.07, 6.45) is 2.03. The van der Waals surface area contributed by atoms with Crippen LogP contribution in [0.4, 0.5) is 4.79 Å². The van der Waals surface area contributed by atoms with E-state index in [0.717, 1.165) is 12.8 Å². The van der Waals surface area contributed by atoms with Gasteiger partial charge in [0.1, 0.15) is 6.04 Å². The average Bonchev–Trinajstić information content (AvgIpc) is 2.99. The van der Waals surface area contributed by atoms with Gasteiger partial charge in [-0.15, -0.1) is 0 Å². The van der Waals surface area contributed by atoms with Crippen molar-refractivity contribution in [3.05, 3.63) is 0 Å². The standard InChI is InChI=1S/C15H24N2O5/c1-4-5-6-22-14(20)17-9-15(7-10(2)16-13(15)19)8-11(17)12(18)21-3/h10-11H,4-9H2,1-3H3,(H,16,19)/t10?,11-,15-/m0/s1. The van der Waals surface area contributed by atoms with E-state index in [1.807, 2.05) is 13.8 Å². The Balaban J connectivity index is 2.14. The Morgan fingerprint density at radius 1 is 1.41 bits per heavy atom. The van der Waals surface area contributed by atoms with Crippen LogP contribution in [-0.2, 0) is 19.1 Å². The Labute approximate surface area is 130 Å². The van der Waals surface area contributed by atoms with Crippen molar-refractivity contribution in [3.63, 3.8) is 0 Å². The number of ether oxygens (including phenoxy) is 2. The number of methoxy groups -OCH3 is 1. The van der Waals surface area contributed by atoms with Gasteiger partial charge in [-0.05, 0) is 26.2 Å². The highest BCUT2D eigenvalue weighted by Gasteiger charge is 2.57. The summed E-state index contributed by atoms with van der Waals surface area (Å²) in [6, 6.07) is -0.711. The fourth-order valence-electron chi connectivity index (χ4n) is 3.33. The number of esters is 1. The first-order valence-corrected chi connectivity index (χ1v) is 7.75. The van der Waals surface area contributed by atoms with Gasteiger partial charge in [-0.2, -0.15) is 0 Å². The van der Waals surface area contributed by atoms with Crippen LogP contribution in [-0.4, -0.2) is 55.2 Å². The normalized spacial score (nSPS) is 30.5. The molecule has 3 atom stereocenters. The molecule has 0 aliphatic carbocycles. The van der Waals surface area contributed by atoms with Gasteiger partial charge in [0.2, 0.25) is 5.91 Å². The fourth-order valence-corrected chi connectivity index (χ4v) is 3.33. The number of carbonyl (C=O) groups is 3. The molecule has 2 saturated heterocycles. The number of likely N-dealkylation sites (tertiary alicyclic amines) is 1. The summed E-state index contributed by atoms with van der Waals surface area (Å²) >= 11 is 0. The maximum absolute atomic E-state index is 12.3. The van der Waals surface area contributed by atoms with Crippen LogP contribution in [0.5, 0.6) is 0 Å². The zero-order chi connectivity index (χ0) is 16.3. The topological polar surface area (TPSA) is 84.9 Å². The molecule has 0 aromatic rings. The van der Waals surface area contributed by atoms with Crippen LogP contribution >= 0.6 is 0 Å². The van der Waals surface area contributed by atoms with E-state index in [1.54, 1.807) is 0 Å². The predicted molar refractivity (Wildman–Crippen MR) is 78.0 cm³/mol. The lowest BCUT2D eigenvalue weighted by atomic mass is 9.82. The number of amides is 2. The lowest BCUT2D eigenvalue weighted by Crippen LogP contribution is -2.42. The Morgan fingerprint density at radius 2 is 2.14 bits per heavy atom. The van der Waals surface area contributed by atoms with Crippen LogP contribution in [0, 0.1) is 5.41 Å². The van der Waals surface area contributed by atoms with Gasteiger partial charge in [0.25, 0.3) is 0 Å². The van der Waals surface area contributed by atoms with Crippen molar-refractivity contribution in [2.75, 3.05) is 20.3 Å². The highest BCUT2D eigenvalue weighted by molar-refractivity contribution is 5.90. The van der Waals surface area contributed by atoms with Gasteiger partial charge < -0.3 is 14.8 Å². The fraction of sp³-hybridized carbons (Fsp3) is 0.800. The van der Waals surface area contributed by atoms with Crippen LogP contribution in [0.1, 0.15) is 39.5 Å². The zero-order valence-electron chi connectivity index (χ0n) is 13.4. The average molecular weight is 312 g/mol. The Kier molecular flexibility index (Phi) is 4.93. The predicted octanol–water partition coefficient (Wildman–Crippen LogP) is 1.07. The number of rotatable bonds is 4. The highest BCUT2D eigenvalue weighted by Crippen LogP contribution is 2.43. The summed E-state index contributed by atoms with van der Waals surface area (Å²) in [7, 11) is 1.28. The first kappa shape index (κ1) is 16.6. The number of unbranched alkanes of at least 4 members (excludes halogenated alkanes) is 1. The Bertz CT molecular complexity index is 467. The van der Waals surface area contributed by atoms with Crippen molar-refractivity contribution in [1.29, 1.82) is 0 Å². The molecule has 0 radical (unpaired) electrons. The van der Waals surface area contributed by atoms with E-state index in [9.17, 15) is 14.4 Å². The lowest BCUT2D eigenvalue weighted by Gasteiger charge is -2.22. The molecule has 2 heterocycles. The molecule has 0 saturated carbocycles. The zero-order valence-corrected chi connectivity index (χ0v) is 13.4. The molecule has 124 valence electrons. The number of nitrogens with one attached hydrogen (secondary N) is 1.